The number of ether oxygens (including phenoxy) is 1. The lowest BCUT2D eigenvalue weighted by Gasteiger charge is -2.36. The number of rotatable bonds is 14. The van der Waals surface area contributed by atoms with E-state index in [4.69, 9.17) is 16.3 Å². The molecule has 0 unspecified atom stereocenters. The van der Waals surface area contributed by atoms with Gasteiger partial charge < -0.3 is 4.74 Å². The van der Waals surface area contributed by atoms with Crippen LogP contribution in [0.15, 0.2) is 54.6 Å². The molecule has 9 atom stereocenters. The molecule has 3 aromatic carbocycles. The second-order valence-corrected chi connectivity index (χ2v) is 23.9. The number of aryl methyl sites for hydroxylation is 3. The number of carbonyl (C=O) groups is 3. The number of hydrogen-bond donors (Lipinski definition) is 0. The van der Waals surface area contributed by atoms with Gasteiger partial charge in [0.15, 0.2) is 0 Å². The molecule has 0 N–H and O–H groups in total. The molecule has 7 rings (SSSR count). The van der Waals surface area contributed by atoms with E-state index in [0.29, 0.717) is 107 Å². The highest BCUT2D eigenvalue weighted by Gasteiger charge is 2.37. The van der Waals surface area contributed by atoms with Gasteiger partial charge in [0.05, 0.1) is 12.1 Å². The van der Waals surface area contributed by atoms with Crippen LogP contribution in [0.4, 0.5) is 0 Å². The lowest BCUT2D eigenvalue weighted by Crippen LogP contribution is -2.34. The number of ketones is 3. The maximum absolute atomic E-state index is 13.0. The van der Waals surface area contributed by atoms with E-state index < -0.39 is 0 Å². The summed E-state index contributed by atoms with van der Waals surface area (Å²) in [7, 11) is 1.60. The van der Waals surface area contributed by atoms with Crippen LogP contribution >= 0.6 is 11.6 Å². The van der Waals surface area contributed by atoms with Gasteiger partial charge in [-0.15, -0.1) is 0 Å². The van der Waals surface area contributed by atoms with Gasteiger partial charge in [-0.2, -0.15) is 0 Å². The van der Waals surface area contributed by atoms with E-state index in [1.807, 2.05) is 18.2 Å². The van der Waals surface area contributed by atoms with Crippen LogP contribution in [0.5, 0.6) is 5.75 Å². The molecule has 0 spiro atoms. The summed E-state index contributed by atoms with van der Waals surface area (Å²) in [5.41, 5.74) is 9.13. The summed E-state index contributed by atoms with van der Waals surface area (Å²) in [6.45, 7) is 27.1. The van der Waals surface area contributed by atoms with Crippen LogP contribution in [0.1, 0.15) is 185 Å². The van der Waals surface area contributed by atoms with Gasteiger partial charge in [-0.1, -0.05) is 149 Å². The van der Waals surface area contributed by atoms with E-state index in [1.165, 1.54) is 91.2 Å². The molecule has 0 bridgehead atoms. The third-order valence-electron chi connectivity index (χ3n) is 16.8. The lowest BCUT2D eigenvalue weighted by molar-refractivity contribution is -0.127. The van der Waals surface area contributed by atoms with Crippen LogP contribution in [-0.2, 0) is 46.5 Å². The van der Waals surface area contributed by atoms with Gasteiger partial charge in [0, 0.05) is 37.0 Å². The molecule has 67 heavy (non-hydrogen) atoms. The minimum Gasteiger partial charge on any atom is -0.495 e. The first kappa shape index (κ1) is 54.7. The Bertz CT molecular complexity index is 2070. The van der Waals surface area contributed by atoms with Crippen LogP contribution in [0.25, 0.3) is 0 Å². The van der Waals surface area contributed by atoms with Gasteiger partial charge >= 0.3 is 0 Å². The highest BCUT2D eigenvalue weighted by molar-refractivity contribution is 6.32. The smallest absolute Gasteiger partial charge is 0.140 e. The highest BCUT2D eigenvalue weighted by Crippen LogP contribution is 2.42. The van der Waals surface area contributed by atoms with Crippen LogP contribution in [0.2, 0.25) is 5.02 Å². The SMILES string of the molecule is CC(C)[C@@H]1CC[C@@H](C)C[C@H]1C(=O)Cc1ccc2c(c1)CCC2.COc1ccc(CC(=O)[C@@H]2C[C@H](C)CC[C@H]2C(C)C)cc1Cl.Cc1cc(CC(=O)[C@@H]2C[C@H](C)CC[C@H]2C(C)C)ccc1C(C)C. The molecular formula is C62H91ClO4. The maximum atomic E-state index is 13.0. The Morgan fingerprint density at radius 3 is 1.36 bits per heavy atom. The van der Waals surface area contributed by atoms with Crippen molar-refractivity contribution in [3.8, 4) is 5.75 Å². The molecular weight excluding hydrogens is 844 g/mol. The van der Waals surface area contributed by atoms with Crippen molar-refractivity contribution >= 4 is 29.0 Å². The van der Waals surface area contributed by atoms with Gasteiger partial charge in [-0.05, 0) is 175 Å². The molecule has 3 aromatic rings. The number of benzene rings is 3. The van der Waals surface area contributed by atoms with E-state index in [1.54, 1.807) is 7.11 Å². The van der Waals surface area contributed by atoms with Crippen molar-refractivity contribution < 1.29 is 19.1 Å². The molecule has 0 amide bonds. The average molecular weight is 936 g/mol. The van der Waals surface area contributed by atoms with Gasteiger partial charge in [-0.3, -0.25) is 14.4 Å². The first-order chi connectivity index (χ1) is 31.8. The third-order valence-corrected chi connectivity index (χ3v) is 17.1. The zero-order valence-electron chi connectivity index (χ0n) is 44.3. The highest BCUT2D eigenvalue weighted by atomic mass is 35.5. The van der Waals surface area contributed by atoms with Crippen molar-refractivity contribution in [1.82, 2.24) is 0 Å². The summed E-state index contributed by atoms with van der Waals surface area (Å²) in [5, 5.41) is 0.574. The topological polar surface area (TPSA) is 60.4 Å². The van der Waals surface area contributed by atoms with Crippen molar-refractivity contribution in [2.24, 2.45) is 71.0 Å². The van der Waals surface area contributed by atoms with Gasteiger partial charge in [-0.25, -0.2) is 0 Å². The Balaban J connectivity index is 0.000000188. The van der Waals surface area contributed by atoms with Crippen molar-refractivity contribution in [3.63, 3.8) is 0 Å². The molecule has 370 valence electrons. The standard InChI is InChI=1S/C22H34O.C21H30O.C19H27ClO2/c1-14(2)19-10-8-18(12-17(19)6)13-22(23)21-11-16(5)7-9-20(21)15(3)4;1-14(2)19-10-7-15(3)11-20(19)21(22)13-16-8-9-17-5-4-6-18(17)12-16;1-12(2)15-7-5-13(3)9-16(15)18(21)11-14-6-8-19(22-4)17(20)10-14/h8,10,12,14-16,20-21H,7,9,11,13H2,1-6H3;8-9,12,14-15,19-20H,4-7,10-11,13H2,1-3H3;6,8,10,12-13,15-16H,5,7,9,11H2,1-4H3/t16-,20+,21-;15-,19+,20-;13-,15+,16-/m111/s1. The van der Waals surface area contributed by atoms with Crippen molar-refractivity contribution in [2.75, 3.05) is 7.11 Å². The predicted octanol–water partition coefficient (Wildman–Crippen LogP) is 16.1. The average Bonchev–Trinajstić information content (AvgIpc) is 3.74. The van der Waals surface area contributed by atoms with Crippen LogP contribution < -0.4 is 4.74 Å². The minimum absolute atomic E-state index is 0.199. The number of halogens is 1. The zero-order valence-corrected chi connectivity index (χ0v) is 45.1. The molecule has 0 radical (unpaired) electrons. The molecule has 0 saturated heterocycles. The molecule has 5 heteroatoms. The normalized spacial score (nSPS) is 26.1. The number of fused-ring (bicyclic) bond motifs is 1. The van der Waals surface area contributed by atoms with Crippen LogP contribution in [0.3, 0.4) is 0 Å². The Morgan fingerprint density at radius 2 is 0.955 bits per heavy atom. The second kappa shape index (κ2) is 25.6. The largest absolute Gasteiger partial charge is 0.495 e. The molecule has 0 aromatic heterocycles. The Hall–Kier alpha value is -3.24. The quantitative estimate of drug-likeness (QED) is 0.162. The van der Waals surface area contributed by atoms with Gasteiger partial charge in [0.2, 0.25) is 0 Å². The molecule has 4 aliphatic rings. The fourth-order valence-corrected chi connectivity index (χ4v) is 13.0. The van der Waals surface area contributed by atoms with E-state index in [-0.39, 0.29) is 17.8 Å². The van der Waals surface area contributed by atoms with Crippen LogP contribution in [0, 0.1) is 77.9 Å². The number of carbonyl (C=O) groups excluding carboxylic acids is 3. The van der Waals surface area contributed by atoms with Crippen molar-refractivity contribution in [1.29, 1.82) is 0 Å². The fourth-order valence-electron chi connectivity index (χ4n) is 12.8. The third kappa shape index (κ3) is 15.4. The maximum Gasteiger partial charge on any atom is 0.140 e. The summed E-state index contributed by atoms with van der Waals surface area (Å²) >= 11 is 6.16. The Labute approximate surface area is 413 Å². The molecule has 3 saturated carbocycles. The second-order valence-electron chi connectivity index (χ2n) is 23.5. The molecule has 0 heterocycles. The molecule has 4 nitrogen and oxygen atoms in total. The van der Waals surface area contributed by atoms with Gasteiger partial charge in [0.1, 0.15) is 23.1 Å². The number of Topliss-reactive ketones (excluding diaryl/α,β-unsaturated/α-hetero) is 3. The first-order valence-corrected chi connectivity index (χ1v) is 27.2. The summed E-state index contributed by atoms with van der Waals surface area (Å²) in [5.74, 6) is 8.85. The Kier molecular flexibility index (Phi) is 20.9. The van der Waals surface area contributed by atoms with Crippen molar-refractivity contribution in [2.45, 2.75) is 185 Å². The fraction of sp³-hybridized carbons (Fsp3) is 0.661. The number of methoxy groups -OCH3 is 1. The summed E-state index contributed by atoms with van der Waals surface area (Å²) in [4.78, 5) is 38.7. The lowest BCUT2D eigenvalue weighted by atomic mass is 9.68. The van der Waals surface area contributed by atoms with E-state index in [0.717, 1.165) is 24.8 Å². The molecule has 4 aliphatic carbocycles. The first-order valence-electron chi connectivity index (χ1n) is 26.9. The van der Waals surface area contributed by atoms with E-state index in [9.17, 15) is 14.4 Å². The minimum atomic E-state index is 0.199. The van der Waals surface area contributed by atoms with Crippen molar-refractivity contribution in [3.05, 3.63) is 98.6 Å². The summed E-state index contributed by atoms with van der Waals surface area (Å²) in [6.07, 6.45) is 16.1. The van der Waals surface area contributed by atoms with Gasteiger partial charge in [0.25, 0.3) is 0 Å². The van der Waals surface area contributed by atoms with E-state index >= 15 is 0 Å². The number of hydrogen-bond acceptors (Lipinski definition) is 4. The Morgan fingerprint density at radius 1 is 0.552 bits per heavy atom. The van der Waals surface area contributed by atoms with E-state index in [2.05, 4.69) is 119 Å². The summed E-state index contributed by atoms with van der Waals surface area (Å²) in [6, 6.07) is 19.0. The monoisotopic (exact) mass is 935 g/mol. The molecule has 3 fully saturated rings. The molecule has 0 aliphatic heterocycles. The summed E-state index contributed by atoms with van der Waals surface area (Å²) < 4.78 is 5.17. The predicted molar refractivity (Wildman–Crippen MR) is 282 cm³/mol. The van der Waals surface area contributed by atoms with Crippen LogP contribution in [-0.4, -0.2) is 24.5 Å². The zero-order chi connectivity index (χ0) is 49.1.